The van der Waals surface area contributed by atoms with E-state index in [0.29, 0.717) is 51.6 Å². The van der Waals surface area contributed by atoms with Crippen molar-refractivity contribution in [2.75, 3.05) is 32.8 Å². The molecule has 0 saturated carbocycles. The number of piperidine rings is 1. The number of carbonyl (C=O) groups is 2. The van der Waals surface area contributed by atoms with Gasteiger partial charge in [0, 0.05) is 26.2 Å². The summed E-state index contributed by atoms with van der Waals surface area (Å²) in [5.74, 6) is -0.155. The molecule has 1 heterocycles. The molecule has 6 nitrogen and oxygen atoms in total. The van der Waals surface area contributed by atoms with Crippen molar-refractivity contribution in [3.05, 3.63) is 0 Å². The van der Waals surface area contributed by atoms with Crippen molar-refractivity contribution >= 4 is 12.0 Å². The zero-order valence-electron chi connectivity index (χ0n) is 13.4. The second-order valence-electron chi connectivity index (χ2n) is 6.38. The lowest BCUT2D eigenvalue weighted by Crippen LogP contribution is -2.49. The normalized spacial score (nSPS) is 17.8. The van der Waals surface area contributed by atoms with E-state index in [1.165, 1.54) is 0 Å². The number of hydrogen-bond donors (Lipinski definition) is 2. The molecule has 0 unspecified atom stereocenters. The molecular weight excluding hydrogens is 272 g/mol. The van der Waals surface area contributed by atoms with E-state index in [-0.39, 0.29) is 6.03 Å². The molecule has 0 aromatic heterocycles. The summed E-state index contributed by atoms with van der Waals surface area (Å²) in [4.78, 5) is 24.7. The van der Waals surface area contributed by atoms with Gasteiger partial charge < -0.3 is 20.1 Å². The summed E-state index contributed by atoms with van der Waals surface area (Å²) in [6.45, 7) is 8.73. The van der Waals surface area contributed by atoms with E-state index in [9.17, 15) is 9.59 Å². The third kappa shape index (κ3) is 5.91. The van der Waals surface area contributed by atoms with Crippen molar-refractivity contribution in [3.63, 3.8) is 0 Å². The number of rotatable bonds is 7. The highest BCUT2D eigenvalue weighted by atomic mass is 16.5. The Kier molecular flexibility index (Phi) is 6.95. The van der Waals surface area contributed by atoms with Crippen LogP contribution in [-0.4, -0.2) is 54.9 Å². The Labute approximate surface area is 126 Å². The quantitative estimate of drug-likeness (QED) is 0.704. The number of urea groups is 1. The van der Waals surface area contributed by atoms with Crippen LogP contribution in [0.1, 0.15) is 40.0 Å². The number of amides is 2. The van der Waals surface area contributed by atoms with E-state index in [2.05, 4.69) is 19.2 Å². The first kappa shape index (κ1) is 17.8. The predicted octanol–water partition coefficient (Wildman–Crippen LogP) is 1.95. The van der Waals surface area contributed by atoms with Crippen molar-refractivity contribution in [2.45, 2.75) is 40.0 Å². The molecule has 1 rings (SSSR count). The fraction of sp³-hybridized carbons (Fsp3) is 0.867. The van der Waals surface area contributed by atoms with Gasteiger partial charge in [0.2, 0.25) is 0 Å². The largest absolute Gasteiger partial charge is 0.481 e. The molecule has 21 heavy (non-hydrogen) atoms. The van der Waals surface area contributed by atoms with Crippen LogP contribution in [0.5, 0.6) is 0 Å². The monoisotopic (exact) mass is 300 g/mol. The Morgan fingerprint density at radius 1 is 1.29 bits per heavy atom. The van der Waals surface area contributed by atoms with Gasteiger partial charge in [-0.05, 0) is 32.1 Å². The lowest BCUT2D eigenvalue weighted by atomic mass is 9.80. The van der Waals surface area contributed by atoms with E-state index in [4.69, 9.17) is 9.84 Å². The molecule has 1 aliphatic heterocycles. The Morgan fingerprint density at radius 2 is 1.90 bits per heavy atom. The van der Waals surface area contributed by atoms with Gasteiger partial charge in [-0.1, -0.05) is 13.8 Å². The van der Waals surface area contributed by atoms with Gasteiger partial charge in [-0.25, -0.2) is 4.79 Å². The van der Waals surface area contributed by atoms with Crippen molar-refractivity contribution in [1.29, 1.82) is 0 Å². The van der Waals surface area contributed by atoms with Gasteiger partial charge in [-0.3, -0.25) is 4.79 Å². The number of nitrogens with one attached hydrogen (secondary N) is 1. The minimum Gasteiger partial charge on any atom is -0.481 e. The molecule has 0 radical (unpaired) electrons. The fourth-order valence-electron chi connectivity index (χ4n) is 2.18. The van der Waals surface area contributed by atoms with Crippen LogP contribution in [0.2, 0.25) is 0 Å². The first-order valence-electron chi connectivity index (χ1n) is 7.69. The van der Waals surface area contributed by atoms with Gasteiger partial charge in [-0.15, -0.1) is 0 Å². The summed E-state index contributed by atoms with van der Waals surface area (Å²) in [6.07, 6.45) is 2.02. The number of nitrogens with zero attached hydrogens (tertiary/aromatic N) is 1. The standard InChI is InChI=1S/C15H28N2O4/c1-12(2)4-10-21-11-7-16-14(20)17-8-5-15(3,6-9-17)13(18)19/h12H,4-11H2,1-3H3,(H,16,20)(H,18,19). The summed E-state index contributed by atoms with van der Waals surface area (Å²) in [5.41, 5.74) is -0.698. The third-order valence-corrected chi connectivity index (χ3v) is 4.03. The molecule has 0 bridgehead atoms. The summed E-state index contributed by atoms with van der Waals surface area (Å²) in [6, 6.07) is -0.130. The van der Waals surface area contributed by atoms with Gasteiger partial charge in [-0.2, -0.15) is 0 Å². The van der Waals surface area contributed by atoms with Crippen LogP contribution in [0.4, 0.5) is 4.79 Å². The highest BCUT2D eigenvalue weighted by molar-refractivity contribution is 5.76. The predicted molar refractivity (Wildman–Crippen MR) is 80.2 cm³/mol. The van der Waals surface area contributed by atoms with E-state index in [0.717, 1.165) is 6.42 Å². The number of likely N-dealkylation sites (tertiary alicyclic amines) is 1. The van der Waals surface area contributed by atoms with Crippen LogP contribution < -0.4 is 5.32 Å². The van der Waals surface area contributed by atoms with E-state index in [1.807, 2.05) is 0 Å². The van der Waals surface area contributed by atoms with Gasteiger partial charge in [0.25, 0.3) is 0 Å². The van der Waals surface area contributed by atoms with Crippen LogP contribution in [0.3, 0.4) is 0 Å². The lowest BCUT2D eigenvalue weighted by Gasteiger charge is -2.36. The van der Waals surface area contributed by atoms with E-state index in [1.54, 1.807) is 11.8 Å². The molecule has 1 fully saturated rings. The maximum atomic E-state index is 11.9. The molecule has 0 spiro atoms. The van der Waals surface area contributed by atoms with Crippen molar-refractivity contribution in [2.24, 2.45) is 11.3 Å². The maximum Gasteiger partial charge on any atom is 0.317 e. The van der Waals surface area contributed by atoms with E-state index >= 15 is 0 Å². The molecule has 6 heteroatoms. The fourth-order valence-corrected chi connectivity index (χ4v) is 2.18. The van der Waals surface area contributed by atoms with Crippen molar-refractivity contribution in [3.8, 4) is 0 Å². The highest BCUT2D eigenvalue weighted by Crippen LogP contribution is 2.30. The molecule has 2 N–H and O–H groups in total. The average molecular weight is 300 g/mol. The minimum absolute atomic E-state index is 0.130. The molecule has 1 aliphatic rings. The van der Waals surface area contributed by atoms with Gasteiger partial charge in [0.1, 0.15) is 0 Å². The number of ether oxygens (including phenoxy) is 1. The maximum absolute atomic E-state index is 11.9. The Balaban J connectivity index is 2.15. The highest BCUT2D eigenvalue weighted by Gasteiger charge is 2.37. The molecule has 1 saturated heterocycles. The molecule has 2 amide bonds. The Morgan fingerprint density at radius 3 is 2.43 bits per heavy atom. The van der Waals surface area contributed by atoms with Gasteiger partial charge >= 0.3 is 12.0 Å². The number of hydrogen-bond acceptors (Lipinski definition) is 3. The van der Waals surface area contributed by atoms with Crippen LogP contribution in [0, 0.1) is 11.3 Å². The van der Waals surface area contributed by atoms with Gasteiger partial charge in [0.15, 0.2) is 0 Å². The van der Waals surface area contributed by atoms with Crippen molar-refractivity contribution < 1.29 is 19.4 Å². The topological polar surface area (TPSA) is 78.9 Å². The molecule has 0 atom stereocenters. The van der Waals surface area contributed by atoms with Gasteiger partial charge in [0.05, 0.1) is 12.0 Å². The number of carboxylic acids is 1. The van der Waals surface area contributed by atoms with Crippen molar-refractivity contribution in [1.82, 2.24) is 10.2 Å². The molecule has 0 aliphatic carbocycles. The van der Waals surface area contributed by atoms with E-state index < -0.39 is 11.4 Å². The summed E-state index contributed by atoms with van der Waals surface area (Å²) < 4.78 is 5.44. The molecular formula is C15H28N2O4. The SMILES string of the molecule is CC(C)CCOCCNC(=O)N1CCC(C)(C(=O)O)CC1. The molecule has 0 aromatic carbocycles. The first-order valence-corrected chi connectivity index (χ1v) is 7.69. The summed E-state index contributed by atoms with van der Waals surface area (Å²) in [7, 11) is 0. The Bertz CT molecular complexity index is 350. The average Bonchev–Trinajstić information content (AvgIpc) is 2.42. The van der Waals surface area contributed by atoms with Crippen LogP contribution in [0.25, 0.3) is 0 Å². The zero-order chi connectivity index (χ0) is 15.9. The van der Waals surface area contributed by atoms with Crippen LogP contribution in [0.15, 0.2) is 0 Å². The number of carbonyl (C=O) groups excluding carboxylic acids is 1. The summed E-state index contributed by atoms with van der Waals surface area (Å²) in [5, 5.41) is 12.0. The molecule has 122 valence electrons. The number of carboxylic acid groups (broad SMARTS) is 1. The first-order chi connectivity index (χ1) is 9.85. The smallest absolute Gasteiger partial charge is 0.317 e. The second kappa shape index (κ2) is 8.22. The lowest BCUT2D eigenvalue weighted by molar-refractivity contribution is -0.150. The molecule has 0 aromatic rings. The van der Waals surface area contributed by atoms with Crippen LogP contribution >= 0.6 is 0 Å². The third-order valence-electron chi connectivity index (χ3n) is 4.03. The van der Waals surface area contributed by atoms with Crippen LogP contribution in [-0.2, 0) is 9.53 Å². The minimum atomic E-state index is -0.777. The summed E-state index contributed by atoms with van der Waals surface area (Å²) >= 11 is 0. The Hall–Kier alpha value is -1.30. The second-order valence-corrected chi connectivity index (χ2v) is 6.38. The number of aliphatic carboxylic acids is 1. The zero-order valence-corrected chi connectivity index (χ0v) is 13.4.